The first-order valence-electron chi connectivity index (χ1n) is 10.2. The van der Waals surface area contributed by atoms with Crippen LogP contribution in [0.5, 0.6) is 5.88 Å². The lowest BCUT2D eigenvalue weighted by Crippen LogP contribution is -2.21. The minimum absolute atomic E-state index is 0.124. The van der Waals surface area contributed by atoms with E-state index < -0.39 is 0 Å². The number of aryl methyl sites for hydroxylation is 2. The van der Waals surface area contributed by atoms with E-state index in [1.54, 1.807) is 9.25 Å². The summed E-state index contributed by atoms with van der Waals surface area (Å²) in [4.78, 5) is 18.4. The van der Waals surface area contributed by atoms with Gasteiger partial charge in [0.2, 0.25) is 5.88 Å². The molecule has 3 aromatic heterocycles. The van der Waals surface area contributed by atoms with Crippen molar-refractivity contribution in [2.45, 2.75) is 13.8 Å². The normalized spacial score (nSPS) is 11.3. The SMILES string of the molecule is CCOc1ccc2cc(-c3ccc4nn(C)cc4c3)c(=O)n(-c3ccc(C)cc3)c2n1. The molecule has 0 saturated carbocycles. The molecule has 0 aliphatic carbocycles. The topological polar surface area (TPSA) is 61.9 Å². The van der Waals surface area contributed by atoms with Gasteiger partial charge < -0.3 is 4.74 Å². The minimum atomic E-state index is -0.124. The zero-order chi connectivity index (χ0) is 21.5. The van der Waals surface area contributed by atoms with Crippen LogP contribution in [0.2, 0.25) is 0 Å². The number of ether oxygens (including phenoxy) is 1. The lowest BCUT2D eigenvalue weighted by atomic mass is 10.0. The molecule has 2 aromatic carbocycles. The molecule has 0 aliphatic rings. The number of rotatable bonds is 4. The predicted molar refractivity (Wildman–Crippen MR) is 123 cm³/mol. The number of nitrogens with zero attached hydrogens (tertiary/aromatic N) is 4. The molecule has 31 heavy (non-hydrogen) atoms. The van der Waals surface area contributed by atoms with Gasteiger partial charge in [-0.1, -0.05) is 23.8 Å². The number of benzene rings is 2. The van der Waals surface area contributed by atoms with Gasteiger partial charge in [0.25, 0.3) is 5.56 Å². The summed E-state index contributed by atoms with van der Waals surface area (Å²) >= 11 is 0. The molecule has 0 aliphatic heterocycles. The first kappa shape index (κ1) is 19.1. The Kier molecular flexibility index (Phi) is 4.55. The van der Waals surface area contributed by atoms with E-state index in [1.807, 2.05) is 87.8 Å². The van der Waals surface area contributed by atoms with Crippen LogP contribution in [-0.4, -0.2) is 25.9 Å². The molecule has 6 nitrogen and oxygen atoms in total. The van der Waals surface area contributed by atoms with Crippen LogP contribution in [-0.2, 0) is 7.05 Å². The van der Waals surface area contributed by atoms with Crippen molar-refractivity contribution in [3.8, 4) is 22.7 Å². The maximum Gasteiger partial charge on any atom is 0.264 e. The van der Waals surface area contributed by atoms with Crippen molar-refractivity contribution in [2.24, 2.45) is 7.05 Å². The minimum Gasteiger partial charge on any atom is -0.478 e. The highest BCUT2D eigenvalue weighted by Gasteiger charge is 2.15. The molecule has 0 radical (unpaired) electrons. The van der Waals surface area contributed by atoms with Gasteiger partial charge in [-0.05, 0) is 55.8 Å². The van der Waals surface area contributed by atoms with Crippen molar-refractivity contribution < 1.29 is 4.74 Å². The monoisotopic (exact) mass is 410 g/mol. The summed E-state index contributed by atoms with van der Waals surface area (Å²) < 4.78 is 9.04. The van der Waals surface area contributed by atoms with Gasteiger partial charge in [-0.2, -0.15) is 10.1 Å². The lowest BCUT2D eigenvalue weighted by molar-refractivity contribution is 0.328. The van der Waals surface area contributed by atoms with Crippen molar-refractivity contribution in [1.29, 1.82) is 0 Å². The first-order chi connectivity index (χ1) is 15.0. The van der Waals surface area contributed by atoms with Gasteiger partial charge in [0.1, 0.15) is 0 Å². The van der Waals surface area contributed by atoms with E-state index in [1.165, 1.54) is 0 Å². The molecule has 6 heteroatoms. The number of hydrogen-bond acceptors (Lipinski definition) is 4. The highest BCUT2D eigenvalue weighted by Crippen LogP contribution is 2.26. The average Bonchev–Trinajstić information content (AvgIpc) is 3.14. The molecule has 3 heterocycles. The van der Waals surface area contributed by atoms with E-state index in [9.17, 15) is 4.79 Å². The Balaban J connectivity index is 1.81. The second-order valence-corrected chi connectivity index (χ2v) is 7.61. The third-order valence-electron chi connectivity index (χ3n) is 5.34. The molecule has 0 N–H and O–H groups in total. The predicted octanol–water partition coefficient (Wildman–Crippen LogP) is 4.65. The average molecular weight is 410 g/mol. The molecule has 5 rings (SSSR count). The van der Waals surface area contributed by atoms with Gasteiger partial charge in [0, 0.05) is 35.6 Å². The molecule has 0 spiro atoms. The van der Waals surface area contributed by atoms with Crippen LogP contribution in [0.1, 0.15) is 12.5 Å². The molecule has 0 amide bonds. The fourth-order valence-corrected chi connectivity index (χ4v) is 3.85. The van der Waals surface area contributed by atoms with Crippen LogP contribution < -0.4 is 10.3 Å². The maximum absolute atomic E-state index is 13.7. The van der Waals surface area contributed by atoms with E-state index in [2.05, 4.69) is 10.1 Å². The first-order valence-corrected chi connectivity index (χ1v) is 10.2. The molecular weight excluding hydrogens is 388 g/mol. The fraction of sp³-hybridized carbons (Fsp3) is 0.160. The Labute approximate surface area is 179 Å². The van der Waals surface area contributed by atoms with Crippen molar-refractivity contribution in [2.75, 3.05) is 6.61 Å². The largest absolute Gasteiger partial charge is 0.478 e. The highest BCUT2D eigenvalue weighted by molar-refractivity contribution is 5.88. The summed E-state index contributed by atoms with van der Waals surface area (Å²) in [7, 11) is 1.89. The summed E-state index contributed by atoms with van der Waals surface area (Å²) in [5.41, 5.74) is 4.71. The van der Waals surface area contributed by atoms with Crippen molar-refractivity contribution in [1.82, 2.24) is 19.3 Å². The standard InChI is InChI=1S/C25H22N4O2/c1-4-31-23-12-8-18-14-21(17-7-11-22-19(13-17)15-28(3)27-22)25(30)29(24(18)26-23)20-9-5-16(2)6-10-20/h5-15H,4H2,1-3H3. The summed E-state index contributed by atoms with van der Waals surface area (Å²) in [6.07, 6.45) is 1.95. The van der Waals surface area contributed by atoms with Crippen molar-refractivity contribution >= 4 is 21.9 Å². The van der Waals surface area contributed by atoms with Crippen LogP contribution >= 0.6 is 0 Å². The number of pyridine rings is 2. The second-order valence-electron chi connectivity index (χ2n) is 7.61. The summed E-state index contributed by atoms with van der Waals surface area (Å²) in [5.74, 6) is 0.500. The molecule has 0 atom stereocenters. The third-order valence-corrected chi connectivity index (χ3v) is 5.34. The molecule has 0 saturated heterocycles. The summed E-state index contributed by atoms with van der Waals surface area (Å²) in [6.45, 7) is 4.45. The van der Waals surface area contributed by atoms with Gasteiger partial charge in [-0.25, -0.2) is 0 Å². The molecule has 154 valence electrons. The molecule has 5 aromatic rings. The van der Waals surface area contributed by atoms with Crippen LogP contribution in [0.3, 0.4) is 0 Å². The quantitative estimate of drug-likeness (QED) is 0.433. The lowest BCUT2D eigenvalue weighted by Gasteiger charge is -2.14. The van der Waals surface area contributed by atoms with Gasteiger partial charge in [-0.3, -0.25) is 14.0 Å². The van der Waals surface area contributed by atoms with Crippen molar-refractivity contribution in [3.63, 3.8) is 0 Å². The van der Waals surface area contributed by atoms with Crippen LogP contribution in [0, 0.1) is 6.92 Å². The van der Waals surface area contributed by atoms with Crippen molar-refractivity contribution in [3.05, 3.63) is 82.8 Å². The van der Waals surface area contributed by atoms with Gasteiger partial charge in [-0.15, -0.1) is 0 Å². The maximum atomic E-state index is 13.7. The van der Waals surface area contributed by atoms with E-state index >= 15 is 0 Å². The van der Waals surface area contributed by atoms with Gasteiger partial charge in [0.15, 0.2) is 5.65 Å². The van der Waals surface area contributed by atoms with E-state index in [4.69, 9.17) is 4.74 Å². The summed E-state index contributed by atoms with van der Waals surface area (Å²) in [6, 6.07) is 19.5. The van der Waals surface area contributed by atoms with Crippen LogP contribution in [0.4, 0.5) is 0 Å². The Hall–Kier alpha value is -3.93. The number of fused-ring (bicyclic) bond motifs is 2. The Bertz CT molecular complexity index is 1480. The molecule has 0 bridgehead atoms. The number of aromatic nitrogens is 4. The third kappa shape index (κ3) is 3.36. The fourth-order valence-electron chi connectivity index (χ4n) is 3.85. The molecule has 0 fully saturated rings. The van der Waals surface area contributed by atoms with Crippen LogP contribution in [0.25, 0.3) is 38.8 Å². The number of hydrogen-bond donors (Lipinski definition) is 0. The summed E-state index contributed by atoms with van der Waals surface area (Å²) in [5, 5.41) is 6.29. The van der Waals surface area contributed by atoms with E-state index in [0.29, 0.717) is 23.7 Å². The van der Waals surface area contributed by atoms with E-state index in [-0.39, 0.29) is 5.56 Å². The zero-order valence-corrected chi connectivity index (χ0v) is 17.7. The Morgan fingerprint density at radius 2 is 1.77 bits per heavy atom. The Morgan fingerprint density at radius 3 is 2.55 bits per heavy atom. The highest BCUT2D eigenvalue weighted by atomic mass is 16.5. The smallest absolute Gasteiger partial charge is 0.264 e. The van der Waals surface area contributed by atoms with Gasteiger partial charge >= 0.3 is 0 Å². The van der Waals surface area contributed by atoms with Crippen LogP contribution in [0.15, 0.2) is 71.7 Å². The van der Waals surface area contributed by atoms with Gasteiger partial charge in [0.05, 0.1) is 17.8 Å². The molecular formula is C25H22N4O2. The second kappa shape index (κ2) is 7.40. The Morgan fingerprint density at radius 1 is 0.968 bits per heavy atom. The van der Waals surface area contributed by atoms with E-state index in [0.717, 1.165) is 33.1 Å². The zero-order valence-electron chi connectivity index (χ0n) is 17.7. The molecule has 0 unspecified atom stereocenters.